The molecule has 4 nitrogen and oxygen atoms in total. The molecule has 0 saturated carbocycles. The lowest BCUT2D eigenvalue weighted by atomic mass is 10.1. The van der Waals surface area contributed by atoms with Crippen LogP contribution in [0.5, 0.6) is 0 Å². The van der Waals surface area contributed by atoms with Crippen LogP contribution in [0.25, 0.3) is 6.08 Å². The number of halogens is 2. The third-order valence-corrected chi connectivity index (χ3v) is 5.43. The van der Waals surface area contributed by atoms with Crippen LogP contribution in [0.3, 0.4) is 0 Å². The maximum atomic E-state index is 12.3. The molecule has 0 saturated heterocycles. The summed E-state index contributed by atoms with van der Waals surface area (Å²) in [5, 5.41) is 0. The van der Waals surface area contributed by atoms with E-state index in [-0.39, 0.29) is 10.7 Å². The summed E-state index contributed by atoms with van der Waals surface area (Å²) in [7, 11) is -3.27. The fourth-order valence-corrected chi connectivity index (χ4v) is 3.54. The zero-order chi connectivity index (χ0) is 19.9. The van der Waals surface area contributed by atoms with E-state index in [0.29, 0.717) is 30.4 Å². The second-order valence-corrected chi connectivity index (χ2v) is 8.72. The summed E-state index contributed by atoms with van der Waals surface area (Å²) < 4.78 is 22.9. The number of ketones is 1. The van der Waals surface area contributed by atoms with Crippen molar-refractivity contribution in [3.8, 4) is 0 Å². The van der Waals surface area contributed by atoms with Crippen molar-refractivity contribution in [1.29, 1.82) is 0 Å². The second-order valence-electron chi connectivity index (χ2n) is 5.95. The van der Waals surface area contributed by atoms with Crippen molar-refractivity contribution in [3.63, 3.8) is 0 Å². The lowest BCUT2D eigenvalue weighted by Gasteiger charge is -2.22. The highest BCUT2D eigenvalue weighted by Crippen LogP contribution is 2.17. The van der Waals surface area contributed by atoms with Gasteiger partial charge in [-0.2, -0.15) is 0 Å². The highest BCUT2D eigenvalue weighted by atomic mass is 35.5. The molecule has 0 aliphatic carbocycles. The minimum Gasteiger partial charge on any atom is -0.369 e. The van der Waals surface area contributed by atoms with Gasteiger partial charge in [-0.05, 0) is 48.0 Å². The van der Waals surface area contributed by atoms with Crippen molar-refractivity contribution >= 4 is 50.6 Å². The molecule has 0 N–H and O–H groups in total. The Morgan fingerprint density at radius 2 is 1.52 bits per heavy atom. The number of carbonyl (C=O) groups is 1. The van der Waals surface area contributed by atoms with Crippen LogP contribution in [0.4, 0.5) is 5.69 Å². The topological polar surface area (TPSA) is 54.5 Å². The molecule has 0 radical (unpaired) electrons. The van der Waals surface area contributed by atoms with Crippen LogP contribution < -0.4 is 4.90 Å². The highest BCUT2D eigenvalue weighted by molar-refractivity contribution is 7.90. The van der Waals surface area contributed by atoms with E-state index < -0.39 is 9.84 Å². The van der Waals surface area contributed by atoms with Crippen molar-refractivity contribution in [2.24, 2.45) is 0 Å². The predicted molar refractivity (Wildman–Crippen MR) is 113 cm³/mol. The first-order valence-electron chi connectivity index (χ1n) is 8.34. The molecular weight excluding hydrogens is 405 g/mol. The van der Waals surface area contributed by atoms with Gasteiger partial charge < -0.3 is 4.90 Å². The highest BCUT2D eigenvalue weighted by Gasteiger charge is 2.08. The minimum absolute atomic E-state index is 0.190. The first kappa shape index (κ1) is 21.5. The summed E-state index contributed by atoms with van der Waals surface area (Å²) in [5.74, 6) is 0.848. The summed E-state index contributed by atoms with van der Waals surface area (Å²) in [6.45, 7) is 1.43. The van der Waals surface area contributed by atoms with E-state index in [1.807, 2.05) is 24.3 Å². The first-order valence-corrected chi connectivity index (χ1v) is 11.3. The Hall–Kier alpha value is -1.82. The molecule has 2 aromatic carbocycles. The summed E-state index contributed by atoms with van der Waals surface area (Å²) in [5.41, 5.74) is 2.35. The van der Waals surface area contributed by atoms with Crippen LogP contribution in [-0.2, 0) is 9.84 Å². The zero-order valence-corrected chi connectivity index (χ0v) is 17.3. The number of allylic oxidation sites excluding steroid dienone is 1. The molecule has 0 aromatic heterocycles. The third-order valence-electron chi connectivity index (χ3n) is 3.96. The van der Waals surface area contributed by atoms with Crippen molar-refractivity contribution in [1.82, 2.24) is 0 Å². The van der Waals surface area contributed by atoms with Crippen LogP contribution in [-0.4, -0.2) is 45.3 Å². The summed E-state index contributed by atoms with van der Waals surface area (Å²) in [6, 6.07) is 13.7. The van der Waals surface area contributed by atoms with E-state index >= 15 is 0 Å². The standard InChI is InChI=1S/C20H21Cl2NO3S/c1-27(25,26)19-9-5-17(6-10-19)20(24)11-4-16-2-7-18(8-3-16)23(14-12-21)15-13-22/h2-11H,12-15H2,1H3/b11-4+. The number of benzene rings is 2. The summed E-state index contributed by atoms with van der Waals surface area (Å²) in [6.07, 6.45) is 4.33. The Kier molecular flexibility index (Phi) is 7.90. The quantitative estimate of drug-likeness (QED) is 0.341. The largest absolute Gasteiger partial charge is 0.369 e. The van der Waals surface area contributed by atoms with Gasteiger partial charge in [0.15, 0.2) is 15.6 Å². The third kappa shape index (κ3) is 6.38. The van der Waals surface area contributed by atoms with Crippen LogP contribution in [0.1, 0.15) is 15.9 Å². The van der Waals surface area contributed by atoms with Gasteiger partial charge in [0.1, 0.15) is 0 Å². The molecule has 0 fully saturated rings. The van der Waals surface area contributed by atoms with Crippen molar-refractivity contribution in [2.75, 3.05) is 36.0 Å². The number of rotatable bonds is 9. The molecule has 0 amide bonds. The van der Waals surface area contributed by atoms with Crippen molar-refractivity contribution in [2.45, 2.75) is 4.90 Å². The van der Waals surface area contributed by atoms with E-state index in [4.69, 9.17) is 23.2 Å². The molecule has 0 heterocycles. The Morgan fingerprint density at radius 1 is 0.963 bits per heavy atom. The fraction of sp³-hybridized carbons (Fsp3) is 0.250. The molecule has 27 heavy (non-hydrogen) atoms. The molecule has 7 heteroatoms. The lowest BCUT2D eigenvalue weighted by molar-refractivity contribution is 0.104. The van der Waals surface area contributed by atoms with Gasteiger partial charge in [0, 0.05) is 42.4 Å². The Bertz CT molecular complexity index is 886. The van der Waals surface area contributed by atoms with E-state index in [1.54, 1.807) is 6.08 Å². The smallest absolute Gasteiger partial charge is 0.185 e. The van der Waals surface area contributed by atoms with E-state index in [1.165, 1.54) is 30.3 Å². The molecule has 0 bridgehead atoms. The van der Waals surface area contributed by atoms with Crippen molar-refractivity contribution in [3.05, 3.63) is 65.7 Å². The molecule has 144 valence electrons. The fourth-order valence-electron chi connectivity index (χ4n) is 2.50. The van der Waals surface area contributed by atoms with Crippen LogP contribution >= 0.6 is 23.2 Å². The van der Waals surface area contributed by atoms with Gasteiger partial charge in [0.2, 0.25) is 0 Å². The Balaban J connectivity index is 2.07. The first-order chi connectivity index (χ1) is 12.8. The monoisotopic (exact) mass is 425 g/mol. The molecular formula is C20H21Cl2NO3S. The van der Waals surface area contributed by atoms with Gasteiger partial charge in [-0.15, -0.1) is 23.2 Å². The average molecular weight is 426 g/mol. The second kappa shape index (κ2) is 9.93. The van der Waals surface area contributed by atoms with E-state index in [0.717, 1.165) is 17.5 Å². The lowest BCUT2D eigenvalue weighted by Crippen LogP contribution is -2.27. The van der Waals surface area contributed by atoms with Gasteiger partial charge >= 0.3 is 0 Å². The average Bonchev–Trinajstić information content (AvgIpc) is 2.66. The number of hydrogen-bond donors (Lipinski definition) is 0. The maximum absolute atomic E-state index is 12.3. The zero-order valence-electron chi connectivity index (χ0n) is 14.9. The molecule has 2 rings (SSSR count). The minimum atomic E-state index is -3.27. The van der Waals surface area contributed by atoms with Crippen LogP contribution in [0.15, 0.2) is 59.5 Å². The number of carbonyl (C=O) groups excluding carboxylic acids is 1. The van der Waals surface area contributed by atoms with Gasteiger partial charge in [-0.25, -0.2) is 8.42 Å². The number of anilines is 1. The maximum Gasteiger partial charge on any atom is 0.185 e. The number of sulfone groups is 1. The number of hydrogen-bond acceptors (Lipinski definition) is 4. The van der Waals surface area contributed by atoms with Crippen molar-refractivity contribution < 1.29 is 13.2 Å². The van der Waals surface area contributed by atoms with Crippen LogP contribution in [0.2, 0.25) is 0 Å². The summed E-state index contributed by atoms with van der Waals surface area (Å²) >= 11 is 11.6. The number of nitrogens with zero attached hydrogens (tertiary/aromatic N) is 1. The SMILES string of the molecule is CS(=O)(=O)c1ccc(C(=O)/C=C/c2ccc(N(CCCl)CCCl)cc2)cc1. The molecule has 0 unspecified atom stereocenters. The normalized spacial score (nSPS) is 11.7. The predicted octanol–water partition coefficient (Wildman–Crippen LogP) is 4.27. The van der Waals surface area contributed by atoms with Gasteiger partial charge in [-0.1, -0.05) is 18.2 Å². The molecule has 0 aliphatic rings. The Labute approximate surface area is 170 Å². The van der Waals surface area contributed by atoms with E-state index in [2.05, 4.69) is 4.90 Å². The van der Waals surface area contributed by atoms with Crippen LogP contribution in [0, 0.1) is 0 Å². The molecule has 0 spiro atoms. The molecule has 0 aliphatic heterocycles. The Morgan fingerprint density at radius 3 is 2.00 bits per heavy atom. The van der Waals surface area contributed by atoms with E-state index in [9.17, 15) is 13.2 Å². The van der Waals surface area contributed by atoms with Gasteiger partial charge in [0.25, 0.3) is 0 Å². The van der Waals surface area contributed by atoms with Gasteiger partial charge in [-0.3, -0.25) is 4.79 Å². The summed E-state index contributed by atoms with van der Waals surface area (Å²) in [4.78, 5) is 14.5. The van der Waals surface area contributed by atoms with Gasteiger partial charge in [0.05, 0.1) is 4.90 Å². The molecule has 0 atom stereocenters. The molecule has 2 aromatic rings. The number of alkyl halides is 2.